The van der Waals surface area contributed by atoms with Crippen LogP contribution in [0.25, 0.3) is 17.1 Å². The second-order valence-electron chi connectivity index (χ2n) is 5.50. The van der Waals surface area contributed by atoms with Crippen LogP contribution in [0.4, 0.5) is 11.6 Å². The van der Waals surface area contributed by atoms with Crippen molar-refractivity contribution in [1.29, 1.82) is 0 Å². The van der Waals surface area contributed by atoms with Gasteiger partial charge in [-0.05, 0) is 12.1 Å². The minimum atomic E-state index is -0.328. The van der Waals surface area contributed by atoms with E-state index in [2.05, 4.69) is 20.3 Å². The van der Waals surface area contributed by atoms with Crippen molar-refractivity contribution in [1.82, 2.24) is 24.1 Å². The maximum Gasteiger partial charge on any atom is 0.349 e. The van der Waals surface area contributed by atoms with Crippen LogP contribution in [0.1, 0.15) is 5.56 Å². The van der Waals surface area contributed by atoms with E-state index >= 15 is 0 Å². The van der Waals surface area contributed by atoms with Gasteiger partial charge in [0.15, 0.2) is 5.65 Å². The third-order valence-electron chi connectivity index (χ3n) is 3.56. The molecule has 3 aromatic rings. The van der Waals surface area contributed by atoms with Crippen molar-refractivity contribution in [3.8, 4) is 0 Å². The van der Waals surface area contributed by atoms with Crippen molar-refractivity contribution >= 4 is 28.7 Å². The molecule has 4 rings (SSSR count). The summed E-state index contributed by atoms with van der Waals surface area (Å²) in [6.45, 7) is 0.743. The third-order valence-corrected chi connectivity index (χ3v) is 3.56. The zero-order valence-electron chi connectivity index (χ0n) is 13.8. The van der Waals surface area contributed by atoms with Crippen LogP contribution in [-0.4, -0.2) is 30.6 Å². The number of hydrogen-bond acceptors (Lipinski definition) is 7. The number of rotatable bonds is 0. The van der Waals surface area contributed by atoms with Gasteiger partial charge < -0.3 is 20.2 Å². The fourth-order valence-corrected chi connectivity index (χ4v) is 2.27. The number of hydrogen-bond donors (Lipinski definition) is 2. The Labute approximate surface area is 142 Å². The molecule has 3 aromatic heterocycles. The molecule has 0 amide bonds. The lowest BCUT2D eigenvalue weighted by molar-refractivity contribution is 0.808. The summed E-state index contributed by atoms with van der Waals surface area (Å²) in [5, 5.41) is 3.82. The summed E-state index contributed by atoms with van der Waals surface area (Å²) in [6, 6.07) is 3.46. The van der Waals surface area contributed by atoms with E-state index < -0.39 is 0 Å². The number of fused-ring (bicyclic) bond motifs is 2. The molecule has 0 unspecified atom stereocenters. The Morgan fingerprint density at radius 1 is 1.04 bits per heavy atom. The molecule has 0 saturated heterocycles. The third kappa shape index (κ3) is 3.55. The Kier molecular flexibility index (Phi) is 4.29. The lowest BCUT2D eigenvalue weighted by atomic mass is 10.2. The highest BCUT2D eigenvalue weighted by molar-refractivity contribution is 5.74. The molecule has 4 heterocycles. The first-order chi connectivity index (χ1) is 11.9. The molecule has 0 radical (unpaired) electrons. The Morgan fingerprint density at radius 2 is 1.76 bits per heavy atom. The second kappa shape index (κ2) is 6.56. The maximum atomic E-state index is 11.1. The molecule has 9 heteroatoms. The quantitative estimate of drug-likeness (QED) is 0.597. The average molecular weight is 339 g/mol. The first-order valence-corrected chi connectivity index (χ1v) is 7.52. The predicted octanol–water partition coefficient (Wildman–Crippen LogP) is 0.130. The van der Waals surface area contributed by atoms with Gasteiger partial charge in [-0.15, -0.1) is 0 Å². The molecule has 0 saturated carbocycles. The molecule has 0 fully saturated rings. The number of aryl methyl sites for hydroxylation is 2. The van der Waals surface area contributed by atoms with Crippen LogP contribution in [0.3, 0.4) is 0 Å². The number of aromatic nitrogens is 5. The van der Waals surface area contributed by atoms with Crippen LogP contribution in [-0.2, 0) is 14.1 Å². The predicted molar refractivity (Wildman–Crippen MR) is 96.2 cm³/mol. The SMILES string of the molecule is Cn1cc2c(nc1=O)NCC=C2.Cn1cc2ccc(N)nc2nc1=O. The van der Waals surface area contributed by atoms with Crippen molar-refractivity contribution in [3.05, 3.63) is 57.1 Å². The van der Waals surface area contributed by atoms with Gasteiger partial charge in [0.25, 0.3) is 0 Å². The molecule has 0 aliphatic carbocycles. The van der Waals surface area contributed by atoms with E-state index in [1.54, 1.807) is 38.6 Å². The molecule has 128 valence electrons. The number of nitrogens with zero attached hydrogens (tertiary/aromatic N) is 5. The number of nitrogen functional groups attached to an aromatic ring is 1. The van der Waals surface area contributed by atoms with Gasteiger partial charge in [-0.3, -0.25) is 0 Å². The summed E-state index contributed by atoms with van der Waals surface area (Å²) in [6.07, 6.45) is 7.40. The summed E-state index contributed by atoms with van der Waals surface area (Å²) in [4.78, 5) is 33.7. The summed E-state index contributed by atoms with van der Waals surface area (Å²) >= 11 is 0. The van der Waals surface area contributed by atoms with Gasteiger partial charge in [-0.2, -0.15) is 9.97 Å². The summed E-state index contributed by atoms with van der Waals surface area (Å²) in [5.74, 6) is 1.05. The van der Waals surface area contributed by atoms with E-state index in [1.165, 1.54) is 9.13 Å². The van der Waals surface area contributed by atoms with Gasteiger partial charge >= 0.3 is 11.4 Å². The van der Waals surface area contributed by atoms with Crippen molar-refractivity contribution in [3.63, 3.8) is 0 Å². The fraction of sp³-hybridized carbons (Fsp3) is 0.188. The zero-order valence-corrected chi connectivity index (χ0v) is 13.8. The van der Waals surface area contributed by atoms with Gasteiger partial charge in [-0.25, -0.2) is 14.6 Å². The first kappa shape index (κ1) is 16.4. The zero-order chi connectivity index (χ0) is 18.0. The Bertz CT molecular complexity index is 1080. The molecule has 0 aromatic carbocycles. The molecular formula is C16H17N7O2. The highest BCUT2D eigenvalue weighted by Gasteiger charge is 2.06. The molecule has 0 bridgehead atoms. The smallest absolute Gasteiger partial charge is 0.349 e. The molecule has 1 aliphatic heterocycles. The van der Waals surface area contributed by atoms with E-state index in [9.17, 15) is 9.59 Å². The molecule has 0 atom stereocenters. The van der Waals surface area contributed by atoms with Crippen molar-refractivity contribution < 1.29 is 0 Å². The molecule has 3 N–H and O–H groups in total. The summed E-state index contributed by atoms with van der Waals surface area (Å²) in [5.41, 5.74) is 6.25. The number of pyridine rings is 1. The van der Waals surface area contributed by atoms with Crippen molar-refractivity contribution in [2.24, 2.45) is 14.1 Å². The van der Waals surface area contributed by atoms with Crippen LogP contribution in [0.2, 0.25) is 0 Å². The maximum absolute atomic E-state index is 11.1. The number of nitrogens with two attached hydrogens (primary N) is 1. The first-order valence-electron chi connectivity index (χ1n) is 7.52. The number of nitrogens with one attached hydrogen (secondary N) is 1. The van der Waals surface area contributed by atoms with E-state index in [1.807, 2.05) is 12.2 Å². The monoisotopic (exact) mass is 339 g/mol. The van der Waals surface area contributed by atoms with Gasteiger partial charge in [0, 0.05) is 44.0 Å². The molecule has 1 aliphatic rings. The fourth-order valence-electron chi connectivity index (χ4n) is 2.27. The van der Waals surface area contributed by atoms with Crippen LogP contribution >= 0.6 is 0 Å². The van der Waals surface area contributed by atoms with Gasteiger partial charge in [0.05, 0.1) is 0 Å². The van der Waals surface area contributed by atoms with Crippen LogP contribution in [0.15, 0.2) is 40.2 Å². The molecular weight excluding hydrogens is 322 g/mol. The van der Waals surface area contributed by atoms with Crippen LogP contribution in [0, 0.1) is 0 Å². The van der Waals surface area contributed by atoms with Gasteiger partial charge in [-0.1, -0.05) is 12.2 Å². The minimum absolute atomic E-state index is 0.225. The molecule has 9 nitrogen and oxygen atoms in total. The largest absolute Gasteiger partial charge is 0.384 e. The van der Waals surface area contributed by atoms with Gasteiger partial charge in [0.2, 0.25) is 0 Å². The summed E-state index contributed by atoms with van der Waals surface area (Å²) < 4.78 is 2.87. The number of anilines is 2. The normalized spacial score (nSPS) is 12.1. The molecule has 25 heavy (non-hydrogen) atoms. The van der Waals surface area contributed by atoms with Gasteiger partial charge in [0.1, 0.15) is 11.6 Å². The lowest BCUT2D eigenvalue weighted by Crippen LogP contribution is -2.23. The molecule has 0 spiro atoms. The van der Waals surface area contributed by atoms with Crippen molar-refractivity contribution in [2.75, 3.05) is 17.6 Å². The Morgan fingerprint density at radius 3 is 2.56 bits per heavy atom. The Balaban J connectivity index is 0.000000146. The topological polar surface area (TPSA) is 121 Å². The van der Waals surface area contributed by atoms with E-state index in [0.717, 1.165) is 17.5 Å². The standard InChI is InChI=1S/C8H8N4O.C8H9N3O/c1-12-4-5-2-3-6(9)10-7(5)11-8(12)13;1-11-5-6-3-2-4-9-7(6)10-8(11)12/h2-4H,1H3,(H2,9,10,11,13);2-3,5H,4H2,1H3,(H,9,10,12). The van der Waals surface area contributed by atoms with E-state index in [-0.39, 0.29) is 11.4 Å². The van der Waals surface area contributed by atoms with Crippen molar-refractivity contribution in [2.45, 2.75) is 0 Å². The van der Waals surface area contributed by atoms with Crippen LogP contribution < -0.4 is 22.4 Å². The highest BCUT2D eigenvalue weighted by Crippen LogP contribution is 2.14. The minimum Gasteiger partial charge on any atom is -0.384 e. The van der Waals surface area contributed by atoms with E-state index in [0.29, 0.717) is 17.3 Å². The highest BCUT2D eigenvalue weighted by atomic mass is 16.1. The second-order valence-corrected chi connectivity index (χ2v) is 5.50. The summed E-state index contributed by atoms with van der Waals surface area (Å²) in [7, 11) is 3.34. The average Bonchev–Trinajstić information content (AvgIpc) is 2.58. The Hall–Kier alpha value is -3.49. The lowest BCUT2D eigenvalue weighted by Gasteiger charge is -2.11. The van der Waals surface area contributed by atoms with Crippen LogP contribution in [0.5, 0.6) is 0 Å². The van der Waals surface area contributed by atoms with E-state index in [4.69, 9.17) is 5.73 Å².